The Kier molecular flexibility index (Phi) is 11.8. The molecule has 1 aliphatic heterocycles. The van der Waals surface area contributed by atoms with Gasteiger partial charge in [0.2, 0.25) is 0 Å². The van der Waals surface area contributed by atoms with Gasteiger partial charge in [0.25, 0.3) is 0 Å². The Labute approximate surface area is 221 Å². The number of carboxylic acid groups (broad SMARTS) is 2. The number of hydrogen-bond donors (Lipinski definition) is 2. The van der Waals surface area contributed by atoms with Crippen molar-refractivity contribution in [2.24, 2.45) is 0 Å². The first-order chi connectivity index (χ1) is 17.8. The first-order valence-electron chi connectivity index (χ1n) is 11.2. The van der Waals surface area contributed by atoms with Crippen LogP contribution in [0.4, 0.5) is 31.5 Å². The largest absolute Gasteiger partial charge is 0.490 e. The van der Waals surface area contributed by atoms with E-state index in [1.807, 2.05) is 11.3 Å². The highest BCUT2D eigenvalue weighted by molar-refractivity contribution is 7.22. The molecule has 0 saturated carbocycles. The maximum absolute atomic E-state index is 10.6. The summed E-state index contributed by atoms with van der Waals surface area (Å²) in [5.41, 5.74) is 2.63. The van der Waals surface area contributed by atoms with Crippen molar-refractivity contribution in [2.75, 3.05) is 37.6 Å². The molecule has 0 bridgehead atoms. The molecule has 0 spiro atoms. The highest BCUT2D eigenvalue weighted by atomic mass is 32.1. The molecule has 38 heavy (non-hydrogen) atoms. The van der Waals surface area contributed by atoms with E-state index in [0.717, 1.165) is 25.2 Å². The van der Waals surface area contributed by atoms with E-state index >= 15 is 0 Å². The first-order valence-corrected chi connectivity index (χ1v) is 13.0. The topological polar surface area (TPSA) is 94.0 Å². The van der Waals surface area contributed by atoms with Gasteiger partial charge in [-0.05, 0) is 66.9 Å². The minimum Gasteiger partial charge on any atom is -0.475 e. The number of fused-ring (bicyclic) bond motifs is 1. The lowest BCUT2D eigenvalue weighted by atomic mass is 10.2. The third-order valence-electron chi connectivity index (χ3n) is 5.15. The highest BCUT2D eigenvalue weighted by Gasteiger charge is 2.38. The summed E-state index contributed by atoms with van der Waals surface area (Å²) in [4.78, 5) is 27.7. The van der Waals surface area contributed by atoms with Crippen molar-refractivity contribution >= 4 is 50.0 Å². The summed E-state index contributed by atoms with van der Waals surface area (Å²) >= 11 is 3.63. The van der Waals surface area contributed by atoms with Crippen LogP contribution in [-0.2, 0) is 16.0 Å². The molecular formula is C23H25F6N3O4S2. The normalized spacial score (nSPS) is 14.6. The second kappa shape index (κ2) is 14.3. The van der Waals surface area contributed by atoms with Crippen LogP contribution < -0.4 is 4.90 Å². The zero-order valence-corrected chi connectivity index (χ0v) is 21.5. The van der Waals surface area contributed by atoms with Crippen molar-refractivity contribution < 1.29 is 46.1 Å². The number of para-hydroxylation sites is 1. The van der Waals surface area contributed by atoms with Crippen molar-refractivity contribution in [1.82, 2.24) is 9.88 Å². The number of rotatable bonds is 5. The van der Waals surface area contributed by atoms with Gasteiger partial charge in [0, 0.05) is 19.6 Å². The Morgan fingerprint density at radius 1 is 0.921 bits per heavy atom. The molecule has 3 heterocycles. The number of carboxylic acids is 2. The van der Waals surface area contributed by atoms with Gasteiger partial charge >= 0.3 is 24.3 Å². The van der Waals surface area contributed by atoms with Crippen molar-refractivity contribution in [3.05, 3.63) is 46.7 Å². The van der Waals surface area contributed by atoms with Crippen LogP contribution in [0, 0.1) is 0 Å². The van der Waals surface area contributed by atoms with Crippen LogP contribution in [0.3, 0.4) is 0 Å². The molecule has 0 radical (unpaired) electrons. The molecule has 0 atom stereocenters. The molecule has 1 saturated heterocycles. The molecule has 1 fully saturated rings. The molecule has 4 rings (SSSR count). The van der Waals surface area contributed by atoms with Gasteiger partial charge in [0.1, 0.15) is 0 Å². The van der Waals surface area contributed by atoms with Gasteiger partial charge in [0.15, 0.2) is 5.13 Å². The molecule has 0 unspecified atom stereocenters. The molecule has 210 valence electrons. The summed E-state index contributed by atoms with van der Waals surface area (Å²) in [5.74, 6) is -5.51. The predicted molar refractivity (Wildman–Crippen MR) is 133 cm³/mol. The van der Waals surface area contributed by atoms with E-state index < -0.39 is 24.3 Å². The maximum atomic E-state index is 10.6. The molecule has 7 nitrogen and oxygen atoms in total. The first kappa shape index (κ1) is 31.3. The third-order valence-corrected chi connectivity index (χ3v) is 6.98. The van der Waals surface area contributed by atoms with Crippen LogP contribution in [0.1, 0.15) is 18.4 Å². The summed E-state index contributed by atoms with van der Waals surface area (Å²) in [7, 11) is 0. The number of carbonyl (C=O) groups is 2. The number of anilines is 1. The number of hydrogen-bond acceptors (Lipinski definition) is 7. The van der Waals surface area contributed by atoms with Gasteiger partial charge < -0.3 is 20.0 Å². The lowest BCUT2D eigenvalue weighted by molar-refractivity contribution is -0.193. The predicted octanol–water partition coefficient (Wildman–Crippen LogP) is 5.77. The third kappa shape index (κ3) is 10.8. The minimum absolute atomic E-state index is 1.10. The van der Waals surface area contributed by atoms with Crippen molar-refractivity contribution in [3.8, 4) is 0 Å². The van der Waals surface area contributed by atoms with Gasteiger partial charge in [-0.2, -0.15) is 37.7 Å². The van der Waals surface area contributed by atoms with E-state index in [2.05, 4.69) is 50.9 Å². The average Bonchev–Trinajstić information content (AvgIpc) is 3.44. The molecule has 15 heteroatoms. The lowest BCUT2D eigenvalue weighted by Gasteiger charge is -2.21. The quantitative estimate of drug-likeness (QED) is 0.367. The van der Waals surface area contributed by atoms with Crippen molar-refractivity contribution in [2.45, 2.75) is 31.6 Å². The van der Waals surface area contributed by atoms with Crippen LogP contribution in [-0.4, -0.2) is 77.1 Å². The number of thiazole rings is 1. The van der Waals surface area contributed by atoms with Crippen LogP contribution in [0.5, 0.6) is 0 Å². The molecule has 0 aliphatic carbocycles. The fraction of sp³-hybridized carbons (Fsp3) is 0.435. The standard InChI is InChI=1S/C19H23N3S2.2C2HF3O2/c1-2-7-18-17(6-1)20-19(24-18)22-11-4-10-21(12-13-22)9-3-5-16-8-14-23-15-16;2*3-2(4,5)1(6)7/h1-2,6-8,14-15H,3-5,9-13H2;2*(H,6,7). The average molecular weight is 586 g/mol. The Hall–Kier alpha value is -2.91. The second-order valence-electron chi connectivity index (χ2n) is 7.99. The summed E-state index contributed by atoms with van der Waals surface area (Å²) in [6.07, 6.45) is -6.46. The number of alkyl halides is 6. The van der Waals surface area contributed by atoms with E-state index in [1.165, 1.54) is 47.7 Å². The second-order valence-corrected chi connectivity index (χ2v) is 9.78. The molecule has 1 aliphatic rings. The van der Waals surface area contributed by atoms with Gasteiger partial charge in [-0.3, -0.25) is 0 Å². The zero-order chi connectivity index (χ0) is 28.3. The van der Waals surface area contributed by atoms with E-state index in [-0.39, 0.29) is 0 Å². The van der Waals surface area contributed by atoms with Crippen LogP contribution in [0.15, 0.2) is 41.1 Å². The Morgan fingerprint density at radius 3 is 2.11 bits per heavy atom. The van der Waals surface area contributed by atoms with Gasteiger partial charge in [-0.15, -0.1) is 0 Å². The zero-order valence-electron chi connectivity index (χ0n) is 19.8. The number of aliphatic carboxylic acids is 2. The van der Waals surface area contributed by atoms with Crippen LogP contribution in [0.2, 0.25) is 0 Å². The summed E-state index contributed by atoms with van der Waals surface area (Å²) in [6, 6.07) is 10.7. The number of thiophene rings is 1. The van der Waals surface area contributed by atoms with Crippen LogP contribution in [0.25, 0.3) is 10.2 Å². The number of halogens is 6. The monoisotopic (exact) mass is 585 g/mol. The Bertz CT molecular complexity index is 1100. The van der Waals surface area contributed by atoms with E-state index in [0.29, 0.717) is 0 Å². The Balaban J connectivity index is 0.000000301. The van der Waals surface area contributed by atoms with E-state index in [4.69, 9.17) is 24.8 Å². The highest BCUT2D eigenvalue weighted by Crippen LogP contribution is 2.29. The van der Waals surface area contributed by atoms with E-state index in [9.17, 15) is 26.3 Å². The molecule has 3 aromatic rings. The molecule has 1 aromatic carbocycles. The van der Waals surface area contributed by atoms with E-state index in [1.54, 1.807) is 11.3 Å². The molecule has 0 amide bonds. The smallest absolute Gasteiger partial charge is 0.475 e. The van der Waals surface area contributed by atoms with Crippen LogP contribution >= 0.6 is 22.7 Å². The molecule has 2 aromatic heterocycles. The van der Waals surface area contributed by atoms with Crippen molar-refractivity contribution in [3.63, 3.8) is 0 Å². The maximum Gasteiger partial charge on any atom is 0.490 e. The fourth-order valence-electron chi connectivity index (χ4n) is 3.32. The summed E-state index contributed by atoms with van der Waals surface area (Å²) in [6.45, 7) is 5.80. The number of aryl methyl sites for hydroxylation is 1. The van der Waals surface area contributed by atoms with Gasteiger partial charge in [0.05, 0.1) is 10.2 Å². The summed E-state index contributed by atoms with van der Waals surface area (Å²) < 4.78 is 64.8. The number of aromatic nitrogens is 1. The summed E-state index contributed by atoms with van der Waals surface area (Å²) in [5, 5.41) is 19.9. The lowest BCUT2D eigenvalue weighted by Crippen LogP contribution is -2.31. The van der Waals surface area contributed by atoms with Gasteiger partial charge in [-0.1, -0.05) is 23.5 Å². The van der Waals surface area contributed by atoms with Crippen molar-refractivity contribution in [1.29, 1.82) is 0 Å². The Morgan fingerprint density at radius 2 is 1.55 bits per heavy atom. The van der Waals surface area contributed by atoms with Gasteiger partial charge in [-0.25, -0.2) is 14.6 Å². The fourth-order valence-corrected chi connectivity index (χ4v) is 5.04. The SMILES string of the molecule is O=C(O)C(F)(F)F.O=C(O)C(F)(F)F.c1ccc2sc(N3CCCN(CCCc4ccsc4)CC3)nc2c1. The minimum atomic E-state index is -5.08. The number of nitrogens with zero attached hydrogens (tertiary/aromatic N) is 3. The number of benzene rings is 1. The molecule has 2 N–H and O–H groups in total. The molecular weight excluding hydrogens is 560 g/mol.